The minimum Gasteiger partial charge on any atom is -0.481 e. The predicted molar refractivity (Wildman–Crippen MR) is 76.6 cm³/mol. The second kappa shape index (κ2) is 6.52. The van der Waals surface area contributed by atoms with Gasteiger partial charge in [-0.1, -0.05) is 19.1 Å². The lowest BCUT2D eigenvalue weighted by Crippen LogP contribution is -2.48. The largest absolute Gasteiger partial charge is 0.481 e. The third-order valence-corrected chi connectivity index (χ3v) is 3.60. The van der Waals surface area contributed by atoms with Gasteiger partial charge in [0.1, 0.15) is 0 Å². The van der Waals surface area contributed by atoms with Crippen LogP contribution in [0.1, 0.15) is 25.3 Å². The molecular weight excluding hydrogens is 256 g/mol. The van der Waals surface area contributed by atoms with Crippen molar-refractivity contribution in [3.63, 3.8) is 0 Å². The number of carbonyl (C=O) groups excluding carboxylic acids is 1. The molecule has 108 valence electrons. The van der Waals surface area contributed by atoms with E-state index in [1.165, 1.54) is 0 Å². The molecule has 20 heavy (non-hydrogen) atoms. The summed E-state index contributed by atoms with van der Waals surface area (Å²) in [6, 6.07) is 6.81. The lowest BCUT2D eigenvalue weighted by molar-refractivity contribution is -0.136. The Kier molecular flexibility index (Phi) is 4.74. The lowest BCUT2D eigenvalue weighted by Gasteiger charge is -2.28. The SMILES string of the molecule is CC1CCCNC1C(=O)Nc1cccc(CC(=O)O)c1. The zero-order valence-corrected chi connectivity index (χ0v) is 11.6. The van der Waals surface area contributed by atoms with Gasteiger partial charge in [0.05, 0.1) is 12.5 Å². The molecule has 1 aromatic rings. The van der Waals surface area contributed by atoms with Crippen molar-refractivity contribution in [2.75, 3.05) is 11.9 Å². The van der Waals surface area contributed by atoms with Gasteiger partial charge >= 0.3 is 5.97 Å². The second-order valence-corrected chi connectivity index (χ2v) is 5.31. The first-order valence-corrected chi connectivity index (χ1v) is 6.91. The number of carbonyl (C=O) groups is 2. The average molecular weight is 276 g/mol. The highest BCUT2D eigenvalue weighted by molar-refractivity contribution is 5.95. The van der Waals surface area contributed by atoms with Gasteiger partial charge in [-0.15, -0.1) is 0 Å². The Labute approximate surface area is 118 Å². The first-order chi connectivity index (χ1) is 9.56. The summed E-state index contributed by atoms with van der Waals surface area (Å²) in [5, 5.41) is 14.9. The van der Waals surface area contributed by atoms with Crippen molar-refractivity contribution in [1.29, 1.82) is 0 Å². The molecule has 2 atom stereocenters. The van der Waals surface area contributed by atoms with Crippen molar-refractivity contribution in [2.24, 2.45) is 5.92 Å². The van der Waals surface area contributed by atoms with Gasteiger partial charge in [0.25, 0.3) is 0 Å². The van der Waals surface area contributed by atoms with Crippen molar-refractivity contribution in [3.05, 3.63) is 29.8 Å². The Bertz CT molecular complexity index is 502. The van der Waals surface area contributed by atoms with E-state index in [-0.39, 0.29) is 18.4 Å². The quantitative estimate of drug-likeness (QED) is 0.781. The Morgan fingerprint density at radius 2 is 2.25 bits per heavy atom. The molecule has 2 unspecified atom stereocenters. The van der Waals surface area contributed by atoms with E-state index in [0.717, 1.165) is 19.4 Å². The van der Waals surface area contributed by atoms with Crippen LogP contribution in [0.2, 0.25) is 0 Å². The van der Waals surface area contributed by atoms with E-state index in [4.69, 9.17) is 5.11 Å². The Morgan fingerprint density at radius 3 is 2.95 bits per heavy atom. The molecule has 0 aromatic heterocycles. The van der Waals surface area contributed by atoms with Gasteiger partial charge in [-0.05, 0) is 43.0 Å². The van der Waals surface area contributed by atoms with Crippen LogP contribution >= 0.6 is 0 Å². The summed E-state index contributed by atoms with van der Waals surface area (Å²) in [7, 11) is 0. The van der Waals surface area contributed by atoms with Crippen LogP contribution in [-0.4, -0.2) is 29.6 Å². The van der Waals surface area contributed by atoms with Gasteiger partial charge in [-0.3, -0.25) is 9.59 Å². The van der Waals surface area contributed by atoms with Crippen molar-refractivity contribution in [2.45, 2.75) is 32.2 Å². The molecule has 1 aromatic carbocycles. The van der Waals surface area contributed by atoms with Crippen LogP contribution in [0.3, 0.4) is 0 Å². The maximum Gasteiger partial charge on any atom is 0.307 e. The van der Waals surface area contributed by atoms with Crippen LogP contribution in [0.4, 0.5) is 5.69 Å². The highest BCUT2D eigenvalue weighted by Gasteiger charge is 2.27. The molecule has 0 radical (unpaired) electrons. The smallest absolute Gasteiger partial charge is 0.307 e. The number of amides is 1. The molecule has 0 aliphatic carbocycles. The highest BCUT2D eigenvalue weighted by Crippen LogP contribution is 2.18. The Morgan fingerprint density at radius 1 is 1.45 bits per heavy atom. The Hall–Kier alpha value is -1.88. The number of rotatable bonds is 4. The van der Waals surface area contributed by atoms with E-state index in [1.54, 1.807) is 24.3 Å². The molecule has 2 rings (SSSR count). The zero-order chi connectivity index (χ0) is 14.5. The number of anilines is 1. The molecule has 0 spiro atoms. The van der Waals surface area contributed by atoms with E-state index < -0.39 is 5.97 Å². The summed E-state index contributed by atoms with van der Waals surface area (Å²) in [4.78, 5) is 22.9. The number of nitrogens with one attached hydrogen (secondary N) is 2. The topological polar surface area (TPSA) is 78.4 Å². The molecule has 1 fully saturated rings. The molecule has 5 heteroatoms. The summed E-state index contributed by atoms with van der Waals surface area (Å²) in [5.41, 5.74) is 1.33. The number of carboxylic acid groups (broad SMARTS) is 1. The zero-order valence-electron chi connectivity index (χ0n) is 11.6. The van der Waals surface area contributed by atoms with Crippen molar-refractivity contribution in [1.82, 2.24) is 5.32 Å². The summed E-state index contributed by atoms with van der Waals surface area (Å²) < 4.78 is 0. The van der Waals surface area contributed by atoms with Gasteiger partial charge in [-0.2, -0.15) is 0 Å². The average Bonchev–Trinajstić information content (AvgIpc) is 2.38. The first kappa shape index (κ1) is 14.5. The highest BCUT2D eigenvalue weighted by atomic mass is 16.4. The van der Waals surface area contributed by atoms with Crippen LogP contribution in [0.5, 0.6) is 0 Å². The van der Waals surface area contributed by atoms with Crippen LogP contribution < -0.4 is 10.6 Å². The van der Waals surface area contributed by atoms with Crippen LogP contribution in [0, 0.1) is 5.92 Å². The van der Waals surface area contributed by atoms with E-state index >= 15 is 0 Å². The van der Waals surface area contributed by atoms with Crippen molar-refractivity contribution >= 4 is 17.6 Å². The van der Waals surface area contributed by atoms with E-state index in [1.807, 2.05) is 0 Å². The maximum absolute atomic E-state index is 12.2. The molecule has 0 saturated carbocycles. The third kappa shape index (κ3) is 3.81. The monoisotopic (exact) mass is 276 g/mol. The van der Waals surface area contributed by atoms with Gasteiger partial charge < -0.3 is 15.7 Å². The lowest BCUT2D eigenvalue weighted by atomic mass is 9.92. The summed E-state index contributed by atoms with van der Waals surface area (Å²) in [6.07, 6.45) is 2.10. The van der Waals surface area contributed by atoms with Crippen LogP contribution in [0.25, 0.3) is 0 Å². The molecule has 0 bridgehead atoms. The minimum absolute atomic E-state index is 0.0399. The van der Waals surface area contributed by atoms with E-state index in [0.29, 0.717) is 17.2 Å². The van der Waals surface area contributed by atoms with Gasteiger partial charge in [0.2, 0.25) is 5.91 Å². The van der Waals surface area contributed by atoms with E-state index in [9.17, 15) is 9.59 Å². The van der Waals surface area contributed by atoms with Crippen molar-refractivity contribution < 1.29 is 14.7 Å². The molecule has 1 heterocycles. The maximum atomic E-state index is 12.2. The number of hydrogen-bond acceptors (Lipinski definition) is 3. The summed E-state index contributed by atoms with van der Waals surface area (Å²) >= 11 is 0. The summed E-state index contributed by atoms with van der Waals surface area (Å²) in [5.74, 6) is -0.619. The first-order valence-electron chi connectivity index (χ1n) is 6.91. The predicted octanol–water partition coefficient (Wildman–Crippen LogP) is 1.64. The molecule has 1 aliphatic heterocycles. The fourth-order valence-electron chi connectivity index (χ4n) is 2.55. The van der Waals surface area contributed by atoms with Gasteiger partial charge in [0, 0.05) is 5.69 Å². The Balaban J connectivity index is 2.01. The normalized spacial score (nSPS) is 22.2. The number of piperidine rings is 1. The number of hydrogen-bond donors (Lipinski definition) is 3. The van der Waals surface area contributed by atoms with E-state index in [2.05, 4.69) is 17.6 Å². The van der Waals surface area contributed by atoms with Gasteiger partial charge in [0.15, 0.2) is 0 Å². The molecule has 5 nitrogen and oxygen atoms in total. The molecule has 3 N–H and O–H groups in total. The van der Waals surface area contributed by atoms with Crippen LogP contribution in [0.15, 0.2) is 24.3 Å². The minimum atomic E-state index is -0.879. The number of aliphatic carboxylic acids is 1. The third-order valence-electron chi connectivity index (χ3n) is 3.60. The van der Waals surface area contributed by atoms with Gasteiger partial charge in [-0.25, -0.2) is 0 Å². The van der Waals surface area contributed by atoms with Crippen molar-refractivity contribution in [3.8, 4) is 0 Å². The summed E-state index contributed by atoms with van der Waals surface area (Å²) in [6.45, 7) is 2.93. The second-order valence-electron chi connectivity index (χ2n) is 5.31. The fraction of sp³-hybridized carbons (Fsp3) is 0.467. The number of carboxylic acids is 1. The molecule has 1 saturated heterocycles. The standard InChI is InChI=1S/C15H20N2O3/c1-10-4-3-7-16-14(10)15(20)17-12-6-2-5-11(8-12)9-13(18)19/h2,5-6,8,10,14,16H,3-4,7,9H2,1H3,(H,17,20)(H,18,19). The molecular formula is C15H20N2O3. The number of benzene rings is 1. The van der Waals surface area contributed by atoms with Crippen LogP contribution in [-0.2, 0) is 16.0 Å². The molecule has 1 amide bonds. The molecule has 1 aliphatic rings. The fourth-order valence-corrected chi connectivity index (χ4v) is 2.55.